The number of aromatic nitrogens is 3. The molecule has 1 atom stereocenters. The Balaban J connectivity index is 1.42. The van der Waals surface area contributed by atoms with E-state index in [1.54, 1.807) is 6.20 Å². The van der Waals surface area contributed by atoms with E-state index < -0.39 is 0 Å². The first-order valence-electron chi connectivity index (χ1n) is 9.61. The van der Waals surface area contributed by atoms with Gasteiger partial charge in [-0.1, -0.05) is 24.6 Å². The van der Waals surface area contributed by atoms with Gasteiger partial charge in [0.1, 0.15) is 12.1 Å². The Morgan fingerprint density at radius 2 is 2.15 bits per heavy atom. The Labute approximate surface area is 157 Å². The molecule has 27 heavy (non-hydrogen) atoms. The summed E-state index contributed by atoms with van der Waals surface area (Å²) in [6, 6.07) is 8.30. The second kappa shape index (κ2) is 7.52. The van der Waals surface area contributed by atoms with Crippen molar-refractivity contribution >= 4 is 27.7 Å². The Morgan fingerprint density at radius 3 is 3.00 bits per heavy atom. The molecule has 4 rings (SSSR count). The number of carbonyl (C=O) groups excluding carboxylic acids is 1. The van der Waals surface area contributed by atoms with Crippen molar-refractivity contribution < 1.29 is 4.79 Å². The average Bonchev–Trinajstić information content (AvgIpc) is 3.05. The SMILES string of the molecule is C[C@@H]1CCCCN1CCNC(=O)Cn1ncc2c([nH]c3ccccc32)c1=O. The summed E-state index contributed by atoms with van der Waals surface area (Å²) < 4.78 is 1.22. The predicted molar refractivity (Wildman–Crippen MR) is 106 cm³/mol. The molecule has 2 N–H and O–H groups in total. The molecule has 1 fully saturated rings. The van der Waals surface area contributed by atoms with Crippen LogP contribution >= 0.6 is 0 Å². The van der Waals surface area contributed by atoms with E-state index in [0.29, 0.717) is 18.1 Å². The van der Waals surface area contributed by atoms with Crippen molar-refractivity contribution in [2.75, 3.05) is 19.6 Å². The lowest BCUT2D eigenvalue weighted by Gasteiger charge is -2.33. The molecule has 1 aliphatic rings. The molecule has 2 aromatic heterocycles. The molecule has 0 aliphatic carbocycles. The molecule has 7 heteroatoms. The fraction of sp³-hybridized carbons (Fsp3) is 0.450. The van der Waals surface area contributed by atoms with Crippen molar-refractivity contribution in [3.8, 4) is 0 Å². The summed E-state index contributed by atoms with van der Waals surface area (Å²) in [5.41, 5.74) is 1.11. The van der Waals surface area contributed by atoms with Gasteiger partial charge in [0.15, 0.2) is 0 Å². The van der Waals surface area contributed by atoms with Crippen LogP contribution in [-0.2, 0) is 11.3 Å². The Kier molecular flexibility index (Phi) is 4.94. The Morgan fingerprint density at radius 1 is 1.30 bits per heavy atom. The lowest BCUT2D eigenvalue weighted by atomic mass is 10.0. The molecule has 0 radical (unpaired) electrons. The van der Waals surface area contributed by atoms with Crippen molar-refractivity contribution in [2.45, 2.75) is 38.8 Å². The Hall–Kier alpha value is -2.67. The van der Waals surface area contributed by atoms with Crippen LogP contribution in [-0.4, -0.2) is 51.2 Å². The van der Waals surface area contributed by atoms with Crippen molar-refractivity contribution in [3.05, 3.63) is 40.8 Å². The van der Waals surface area contributed by atoms with Gasteiger partial charge in [-0.25, -0.2) is 4.68 Å². The highest BCUT2D eigenvalue weighted by Gasteiger charge is 2.18. The van der Waals surface area contributed by atoms with E-state index in [1.807, 2.05) is 24.3 Å². The molecule has 0 saturated carbocycles. The molecule has 142 valence electrons. The highest BCUT2D eigenvalue weighted by molar-refractivity contribution is 6.06. The molecule has 1 amide bonds. The van der Waals surface area contributed by atoms with E-state index in [4.69, 9.17) is 0 Å². The van der Waals surface area contributed by atoms with Crippen LogP contribution in [0.1, 0.15) is 26.2 Å². The van der Waals surface area contributed by atoms with E-state index in [2.05, 4.69) is 27.2 Å². The van der Waals surface area contributed by atoms with Crippen molar-refractivity contribution in [3.63, 3.8) is 0 Å². The second-order valence-electron chi connectivity index (χ2n) is 7.30. The van der Waals surface area contributed by atoms with Crippen LogP contribution in [0.15, 0.2) is 35.3 Å². The summed E-state index contributed by atoms with van der Waals surface area (Å²) in [4.78, 5) is 30.5. The molecule has 7 nitrogen and oxygen atoms in total. The van der Waals surface area contributed by atoms with E-state index in [9.17, 15) is 9.59 Å². The van der Waals surface area contributed by atoms with Crippen LogP contribution in [0.4, 0.5) is 0 Å². The van der Waals surface area contributed by atoms with Crippen LogP contribution in [0.25, 0.3) is 21.8 Å². The lowest BCUT2D eigenvalue weighted by Crippen LogP contribution is -2.43. The predicted octanol–water partition coefficient (Wildman–Crippen LogP) is 1.87. The number of nitrogens with zero attached hydrogens (tertiary/aromatic N) is 3. The van der Waals surface area contributed by atoms with Gasteiger partial charge in [-0.15, -0.1) is 0 Å². The van der Waals surface area contributed by atoms with Gasteiger partial charge in [0.05, 0.1) is 6.20 Å². The molecule has 0 bridgehead atoms. The third-order valence-electron chi connectivity index (χ3n) is 5.48. The maximum Gasteiger partial charge on any atom is 0.291 e. The minimum Gasteiger partial charge on any atom is -0.353 e. The zero-order chi connectivity index (χ0) is 18.8. The second-order valence-corrected chi connectivity index (χ2v) is 7.30. The minimum atomic E-state index is -0.275. The normalized spacial score (nSPS) is 18.2. The number of rotatable bonds is 5. The summed E-state index contributed by atoms with van der Waals surface area (Å²) >= 11 is 0. The standard InChI is InChI=1S/C20H25N5O2/c1-14-6-4-5-10-24(14)11-9-21-18(26)13-25-20(27)19-16(12-22-25)15-7-2-3-8-17(15)23-19/h2-3,7-8,12,14,23H,4-6,9-11,13H2,1H3,(H,21,26)/t14-/m1/s1. The summed E-state index contributed by atoms with van der Waals surface area (Å²) in [6.45, 7) is 4.69. The fourth-order valence-corrected chi connectivity index (χ4v) is 3.91. The molecule has 0 spiro atoms. The van der Waals surface area contributed by atoms with Gasteiger partial charge in [0.2, 0.25) is 5.91 Å². The molecular formula is C20H25N5O2. The number of likely N-dealkylation sites (tertiary alicyclic amines) is 1. The monoisotopic (exact) mass is 367 g/mol. The molecule has 0 unspecified atom stereocenters. The van der Waals surface area contributed by atoms with E-state index in [-0.39, 0.29) is 18.0 Å². The van der Waals surface area contributed by atoms with Gasteiger partial charge < -0.3 is 10.3 Å². The number of fused-ring (bicyclic) bond motifs is 3. The van der Waals surface area contributed by atoms with Crippen LogP contribution in [0.2, 0.25) is 0 Å². The third kappa shape index (κ3) is 3.60. The Bertz CT molecular complexity index is 1020. The number of aromatic amines is 1. The minimum absolute atomic E-state index is 0.0697. The van der Waals surface area contributed by atoms with Gasteiger partial charge in [0, 0.05) is 35.4 Å². The summed E-state index contributed by atoms with van der Waals surface area (Å²) in [7, 11) is 0. The van der Waals surface area contributed by atoms with Gasteiger partial charge in [-0.2, -0.15) is 5.10 Å². The van der Waals surface area contributed by atoms with Gasteiger partial charge in [-0.05, 0) is 32.4 Å². The number of H-pyrrole nitrogens is 1. The number of nitrogens with one attached hydrogen (secondary N) is 2. The summed E-state index contributed by atoms with van der Waals surface area (Å²) in [5, 5.41) is 8.85. The lowest BCUT2D eigenvalue weighted by molar-refractivity contribution is -0.122. The first-order valence-corrected chi connectivity index (χ1v) is 9.61. The number of piperidine rings is 1. The number of benzene rings is 1. The van der Waals surface area contributed by atoms with Crippen molar-refractivity contribution in [1.82, 2.24) is 25.0 Å². The first-order chi connectivity index (χ1) is 13.1. The smallest absolute Gasteiger partial charge is 0.291 e. The highest BCUT2D eigenvalue weighted by atomic mass is 16.2. The van der Waals surface area contributed by atoms with Gasteiger partial charge in [-0.3, -0.25) is 14.5 Å². The number of amides is 1. The van der Waals surface area contributed by atoms with Crippen molar-refractivity contribution in [1.29, 1.82) is 0 Å². The molecule has 1 aliphatic heterocycles. The van der Waals surface area contributed by atoms with Gasteiger partial charge in [0.25, 0.3) is 5.56 Å². The molecule has 3 aromatic rings. The zero-order valence-electron chi connectivity index (χ0n) is 15.6. The topological polar surface area (TPSA) is 83.0 Å². The zero-order valence-corrected chi connectivity index (χ0v) is 15.6. The molecular weight excluding hydrogens is 342 g/mol. The van der Waals surface area contributed by atoms with Crippen LogP contribution in [0.3, 0.4) is 0 Å². The van der Waals surface area contributed by atoms with Crippen LogP contribution < -0.4 is 10.9 Å². The van der Waals surface area contributed by atoms with Crippen LogP contribution in [0.5, 0.6) is 0 Å². The van der Waals surface area contributed by atoms with Crippen molar-refractivity contribution in [2.24, 2.45) is 0 Å². The summed E-state index contributed by atoms with van der Waals surface area (Å²) in [6.07, 6.45) is 5.38. The van der Waals surface area contributed by atoms with E-state index in [0.717, 1.165) is 29.4 Å². The molecule has 1 aromatic carbocycles. The largest absolute Gasteiger partial charge is 0.353 e. The van der Waals surface area contributed by atoms with E-state index in [1.165, 1.54) is 23.9 Å². The number of carbonyl (C=O) groups is 1. The fourth-order valence-electron chi connectivity index (χ4n) is 3.91. The number of hydrogen-bond donors (Lipinski definition) is 2. The third-order valence-corrected chi connectivity index (χ3v) is 5.48. The number of para-hydroxylation sites is 1. The summed E-state index contributed by atoms with van der Waals surface area (Å²) in [5.74, 6) is -0.190. The van der Waals surface area contributed by atoms with Gasteiger partial charge >= 0.3 is 0 Å². The average molecular weight is 367 g/mol. The van der Waals surface area contributed by atoms with E-state index >= 15 is 0 Å². The number of hydrogen-bond acceptors (Lipinski definition) is 4. The highest BCUT2D eigenvalue weighted by Crippen LogP contribution is 2.21. The first kappa shape index (κ1) is 17.7. The maximum atomic E-state index is 12.7. The molecule has 3 heterocycles. The maximum absolute atomic E-state index is 12.7. The molecule has 1 saturated heterocycles. The van der Waals surface area contributed by atoms with Crippen LogP contribution in [0, 0.1) is 0 Å². The quantitative estimate of drug-likeness (QED) is 0.721.